The molecular formula is C22H30N4O5S. The van der Waals surface area contributed by atoms with E-state index < -0.39 is 5.60 Å². The number of furan rings is 1. The molecule has 1 fully saturated rings. The van der Waals surface area contributed by atoms with Crippen LogP contribution in [0.4, 0.5) is 9.80 Å². The summed E-state index contributed by atoms with van der Waals surface area (Å²) in [5.74, 6) is -0.296. The summed E-state index contributed by atoms with van der Waals surface area (Å²) in [6.45, 7) is 9.85. The number of amides is 3. The SMILES string of the molecule is CC(C)(C)OC(=O)N1CCN(CCCNC(=O)c2ccc(NC(=O)c3ccco3)s2)CC1. The van der Waals surface area contributed by atoms with Crippen LogP contribution in [-0.2, 0) is 4.74 Å². The standard InChI is InChI=1S/C22H30N4O5S/c1-22(2,3)31-21(29)26-13-11-25(12-14-26)10-5-9-23-20(28)17-7-8-18(32-17)24-19(27)16-6-4-15-30-16/h4,6-8,15H,5,9-14H2,1-3H3,(H,23,28)(H,24,27). The normalized spacial score (nSPS) is 14.8. The number of thiophene rings is 1. The second-order valence-corrected chi connectivity index (χ2v) is 9.60. The summed E-state index contributed by atoms with van der Waals surface area (Å²) in [6, 6.07) is 6.61. The number of hydrogen-bond acceptors (Lipinski definition) is 7. The summed E-state index contributed by atoms with van der Waals surface area (Å²) in [5, 5.41) is 6.21. The number of piperazine rings is 1. The molecule has 2 aromatic rings. The summed E-state index contributed by atoms with van der Waals surface area (Å²) in [4.78, 5) is 41.0. The van der Waals surface area contributed by atoms with Crippen LogP contribution in [0, 0.1) is 0 Å². The lowest BCUT2D eigenvalue weighted by atomic mass is 10.2. The molecule has 9 nitrogen and oxygen atoms in total. The van der Waals surface area contributed by atoms with E-state index in [-0.39, 0.29) is 23.7 Å². The molecule has 1 saturated heterocycles. The molecule has 10 heteroatoms. The fourth-order valence-corrected chi connectivity index (χ4v) is 4.00. The number of ether oxygens (including phenoxy) is 1. The second-order valence-electron chi connectivity index (χ2n) is 8.51. The molecule has 1 aliphatic rings. The van der Waals surface area contributed by atoms with E-state index in [1.807, 2.05) is 20.8 Å². The molecule has 2 aromatic heterocycles. The Morgan fingerprint density at radius 2 is 1.84 bits per heavy atom. The number of carbonyl (C=O) groups excluding carboxylic acids is 3. The third-order valence-corrected chi connectivity index (χ3v) is 5.77. The van der Waals surface area contributed by atoms with Crippen LogP contribution in [0.5, 0.6) is 0 Å². The Balaban J connectivity index is 1.32. The minimum Gasteiger partial charge on any atom is -0.459 e. The number of carbonyl (C=O) groups is 3. The molecule has 0 spiro atoms. The van der Waals surface area contributed by atoms with E-state index >= 15 is 0 Å². The van der Waals surface area contributed by atoms with Crippen molar-refractivity contribution >= 4 is 34.2 Å². The van der Waals surface area contributed by atoms with Crippen molar-refractivity contribution in [1.82, 2.24) is 15.1 Å². The Morgan fingerprint density at radius 1 is 1.09 bits per heavy atom. The van der Waals surface area contributed by atoms with Gasteiger partial charge in [0.25, 0.3) is 11.8 Å². The lowest BCUT2D eigenvalue weighted by molar-refractivity contribution is 0.0144. The Morgan fingerprint density at radius 3 is 2.50 bits per heavy atom. The van der Waals surface area contributed by atoms with Crippen LogP contribution in [0.2, 0.25) is 0 Å². The highest BCUT2D eigenvalue weighted by Gasteiger charge is 2.25. The van der Waals surface area contributed by atoms with Crippen LogP contribution in [0.15, 0.2) is 34.9 Å². The van der Waals surface area contributed by atoms with Crippen molar-refractivity contribution in [2.45, 2.75) is 32.8 Å². The molecule has 0 aromatic carbocycles. The monoisotopic (exact) mass is 462 g/mol. The van der Waals surface area contributed by atoms with Gasteiger partial charge in [-0.3, -0.25) is 14.5 Å². The largest absolute Gasteiger partial charge is 0.459 e. The fourth-order valence-electron chi connectivity index (χ4n) is 3.18. The van der Waals surface area contributed by atoms with Gasteiger partial charge in [0.2, 0.25) is 0 Å². The zero-order valence-corrected chi connectivity index (χ0v) is 19.5. The van der Waals surface area contributed by atoms with Gasteiger partial charge in [-0.15, -0.1) is 11.3 Å². The van der Waals surface area contributed by atoms with Gasteiger partial charge in [-0.25, -0.2) is 4.79 Å². The average molecular weight is 463 g/mol. The lowest BCUT2D eigenvalue weighted by Crippen LogP contribution is -2.50. The number of rotatable bonds is 7. The van der Waals surface area contributed by atoms with Gasteiger partial charge in [0.1, 0.15) is 5.60 Å². The molecule has 32 heavy (non-hydrogen) atoms. The first-order valence-corrected chi connectivity index (χ1v) is 11.5. The van der Waals surface area contributed by atoms with E-state index in [2.05, 4.69) is 15.5 Å². The Labute approximate surface area is 191 Å². The summed E-state index contributed by atoms with van der Waals surface area (Å²) < 4.78 is 10.5. The highest BCUT2D eigenvalue weighted by Crippen LogP contribution is 2.22. The predicted molar refractivity (Wildman–Crippen MR) is 122 cm³/mol. The molecule has 3 amide bonds. The van der Waals surface area contributed by atoms with Gasteiger partial charge in [0.15, 0.2) is 5.76 Å². The van der Waals surface area contributed by atoms with E-state index in [9.17, 15) is 14.4 Å². The third kappa shape index (κ3) is 7.10. The second kappa shape index (κ2) is 10.6. The lowest BCUT2D eigenvalue weighted by Gasteiger charge is -2.35. The van der Waals surface area contributed by atoms with Gasteiger partial charge in [0, 0.05) is 32.7 Å². The van der Waals surface area contributed by atoms with Crippen molar-refractivity contribution in [2.75, 3.05) is 44.6 Å². The number of nitrogens with one attached hydrogen (secondary N) is 2. The number of hydrogen-bond donors (Lipinski definition) is 2. The van der Waals surface area contributed by atoms with Crippen molar-refractivity contribution in [3.8, 4) is 0 Å². The third-order valence-electron chi connectivity index (χ3n) is 4.77. The summed E-state index contributed by atoms with van der Waals surface area (Å²) in [6.07, 6.45) is 1.98. The van der Waals surface area contributed by atoms with E-state index in [4.69, 9.17) is 9.15 Å². The Kier molecular flexibility index (Phi) is 7.92. The van der Waals surface area contributed by atoms with Crippen molar-refractivity contribution in [3.05, 3.63) is 41.2 Å². The first kappa shape index (κ1) is 23.8. The van der Waals surface area contributed by atoms with E-state index in [1.165, 1.54) is 17.6 Å². The Hall–Kier alpha value is -2.85. The van der Waals surface area contributed by atoms with Crippen LogP contribution in [0.25, 0.3) is 0 Å². The zero-order valence-electron chi connectivity index (χ0n) is 18.7. The van der Waals surface area contributed by atoms with Gasteiger partial charge < -0.3 is 24.7 Å². The zero-order chi connectivity index (χ0) is 23.1. The molecule has 0 bridgehead atoms. The van der Waals surface area contributed by atoms with E-state index in [0.29, 0.717) is 29.5 Å². The average Bonchev–Trinajstić information content (AvgIpc) is 3.42. The van der Waals surface area contributed by atoms with Gasteiger partial charge in [-0.1, -0.05) is 0 Å². The molecular weight excluding hydrogens is 432 g/mol. The maximum absolute atomic E-state index is 12.4. The number of anilines is 1. The van der Waals surface area contributed by atoms with Gasteiger partial charge in [-0.2, -0.15) is 0 Å². The van der Waals surface area contributed by atoms with Crippen LogP contribution >= 0.6 is 11.3 Å². The highest BCUT2D eigenvalue weighted by molar-refractivity contribution is 7.18. The molecule has 0 unspecified atom stereocenters. The van der Waals surface area contributed by atoms with Crippen molar-refractivity contribution in [1.29, 1.82) is 0 Å². The van der Waals surface area contributed by atoms with Crippen molar-refractivity contribution in [3.63, 3.8) is 0 Å². The molecule has 3 heterocycles. The minimum absolute atomic E-state index is 0.164. The highest BCUT2D eigenvalue weighted by atomic mass is 32.1. The van der Waals surface area contributed by atoms with Crippen molar-refractivity contribution < 1.29 is 23.5 Å². The van der Waals surface area contributed by atoms with Crippen LogP contribution in [0.1, 0.15) is 47.4 Å². The maximum Gasteiger partial charge on any atom is 0.410 e. The number of nitrogens with zero attached hydrogens (tertiary/aromatic N) is 2. The predicted octanol–water partition coefficient (Wildman–Crippen LogP) is 3.27. The quantitative estimate of drug-likeness (QED) is 0.612. The molecule has 0 radical (unpaired) electrons. The van der Waals surface area contributed by atoms with Gasteiger partial charge >= 0.3 is 6.09 Å². The maximum atomic E-state index is 12.4. The molecule has 3 rings (SSSR count). The fraction of sp³-hybridized carbons (Fsp3) is 0.500. The smallest absolute Gasteiger partial charge is 0.410 e. The summed E-state index contributed by atoms with van der Waals surface area (Å²) in [7, 11) is 0. The molecule has 1 aliphatic heterocycles. The topological polar surface area (TPSA) is 104 Å². The van der Waals surface area contributed by atoms with E-state index in [1.54, 1.807) is 29.2 Å². The first-order chi connectivity index (χ1) is 15.2. The summed E-state index contributed by atoms with van der Waals surface area (Å²) in [5.41, 5.74) is -0.485. The van der Waals surface area contributed by atoms with Crippen LogP contribution in [0.3, 0.4) is 0 Å². The summed E-state index contributed by atoms with van der Waals surface area (Å²) >= 11 is 1.21. The van der Waals surface area contributed by atoms with E-state index in [0.717, 1.165) is 26.1 Å². The molecule has 0 aliphatic carbocycles. The van der Waals surface area contributed by atoms with Crippen LogP contribution in [-0.4, -0.2) is 72.6 Å². The molecule has 174 valence electrons. The van der Waals surface area contributed by atoms with Gasteiger partial charge in [0.05, 0.1) is 16.1 Å². The van der Waals surface area contributed by atoms with Crippen LogP contribution < -0.4 is 10.6 Å². The van der Waals surface area contributed by atoms with Gasteiger partial charge in [-0.05, 0) is 58.0 Å². The molecule has 0 saturated carbocycles. The molecule has 0 atom stereocenters. The Bertz CT molecular complexity index is 911. The first-order valence-electron chi connectivity index (χ1n) is 10.6. The molecule has 2 N–H and O–H groups in total. The van der Waals surface area contributed by atoms with Crippen molar-refractivity contribution in [2.24, 2.45) is 0 Å². The minimum atomic E-state index is -0.485.